The van der Waals surface area contributed by atoms with Gasteiger partial charge in [-0.3, -0.25) is 9.78 Å². The molecule has 23 heavy (non-hydrogen) atoms. The minimum absolute atomic E-state index is 0.0743. The molecule has 0 atom stereocenters. The van der Waals surface area contributed by atoms with Gasteiger partial charge in [0.15, 0.2) is 0 Å². The lowest BCUT2D eigenvalue weighted by atomic mass is 10.1. The molecule has 7 nitrogen and oxygen atoms in total. The zero-order valence-electron chi connectivity index (χ0n) is 12.9. The first-order valence-corrected chi connectivity index (χ1v) is 8.61. The molecule has 1 aromatic carbocycles. The third-order valence-corrected chi connectivity index (χ3v) is 4.49. The summed E-state index contributed by atoms with van der Waals surface area (Å²) in [6.45, 7) is 2.12. The van der Waals surface area contributed by atoms with Gasteiger partial charge in [0, 0.05) is 12.7 Å². The average Bonchev–Trinajstić information content (AvgIpc) is 2.54. The molecule has 0 saturated heterocycles. The van der Waals surface area contributed by atoms with E-state index < -0.39 is 10.0 Å². The molecule has 0 aliphatic rings. The fourth-order valence-electron chi connectivity index (χ4n) is 1.83. The van der Waals surface area contributed by atoms with Crippen LogP contribution in [0.2, 0.25) is 0 Å². The van der Waals surface area contributed by atoms with Crippen LogP contribution in [0.25, 0.3) is 0 Å². The first-order chi connectivity index (χ1) is 10.9. The quantitative estimate of drug-likeness (QED) is 0.812. The third kappa shape index (κ3) is 5.11. The SMILES string of the molecule is CNS(=O)(=O)Cc1ccc(CNC(=O)c2cnc(C)cn2)cc1. The van der Waals surface area contributed by atoms with Crippen molar-refractivity contribution in [3.8, 4) is 0 Å². The van der Waals surface area contributed by atoms with Crippen LogP contribution in [0, 0.1) is 6.92 Å². The highest BCUT2D eigenvalue weighted by Gasteiger charge is 2.09. The average molecular weight is 334 g/mol. The van der Waals surface area contributed by atoms with Gasteiger partial charge >= 0.3 is 0 Å². The Morgan fingerprint density at radius 3 is 2.30 bits per heavy atom. The van der Waals surface area contributed by atoms with E-state index in [0.717, 1.165) is 11.3 Å². The maximum absolute atomic E-state index is 11.9. The molecule has 1 heterocycles. The van der Waals surface area contributed by atoms with Gasteiger partial charge < -0.3 is 5.32 Å². The number of sulfonamides is 1. The van der Waals surface area contributed by atoms with E-state index in [1.165, 1.54) is 19.4 Å². The lowest BCUT2D eigenvalue weighted by molar-refractivity contribution is 0.0945. The summed E-state index contributed by atoms with van der Waals surface area (Å²) < 4.78 is 25.2. The van der Waals surface area contributed by atoms with Gasteiger partial charge in [0.2, 0.25) is 10.0 Å². The van der Waals surface area contributed by atoms with E-state index in [0.29, 0.717) is 12.1 Å². The summed E-state index contributed by atoms with van der Waals surface area (Å²) in [6.07, 6.45) is 2.96. The molecular formula is C15H18N4O3S. The number of nitrogens with zero attached hydrogens (tertiary/aromatic N) is 2. The van der Waals surface area contributed by atoms with Gasteiger partial charge in [-0.1, -0.05) is 24.3 Å². The molecule has 0 aliphatic heterocycles. The summed E-state index contributed by atoms with van der Waals surface area (Å²) in [4.78, 5) is 20.0. The topological polar surface area (TPSA) is 101 Å². The van der Waals surface area contributed by atoms with Gasteiger partial charge in [-0.15, -0.1) is 0 Å². The molecule has 0 fully saturated rings. The van der Waals surface area contributed by atoms with E-state index in [9.17, 15) is 13.2 Å². The molecule has 0 spiro atoms. The Labute approximate surface area is 135 Å². The Balaban J connectivity index is 1.93. The van der Waals surface area contributed by atoms with Crippen molar-refractivity contribution in [1.82, 2.24) is 20.0 Å². The summed E-state index contributed by atoms with van der Waals surface area (Å²) in [6, 6.07) is 7.01. The van der Waals surface area contributed by atoms with Crippen molar-refractivity contribution < 1.29 is 13.2 Å². The molecule has 8 heteroatoms. The zero-order chi connectivity index (χ0) is 16.9. The maximum Gasteiger partial charge on any atom is 0.271 e. The highest BCUT2D eigenvalue weighted by Crippen LogP contribution is 2.08. The van der Waals surface area contributed by atoms with Crippen LogP contribution in [0.3, 0.4) is 0 Å². The number of benzene rings is 1. The third-order valence-electron chi connectivity index (χ3n) is 3.16. The summed E-state index contributed by atoms with van der Waals surface area (Å²) >= 11 is 0. The van der Waals surface area contributed by atoms with Gasteiger partial charge in [0.25, 0.3) is 5.91 Å². The predicted octanol–water partition coefficient (Wildman–Crippen LogP) is 0.764. The first kappa shape index (κ1) is 17.0. The highest BCUT2D eigenvalue weighted by molar-refractivity contribution is 7.88. The summed E-state index contributed by atoms with van der Waals surface area (Å²) in [5.74, 6) is -0.380. The molecule has 0 aliphatic carbocycles. The monoisotopic (exact) mass is 334 g/mol. The van der Waals surface area contributed by atoms with E-state index in [2.05, 4.69) is 20.0 Å². The number of amides is 1. The van der Waals surface area contributed by atoms with Crippen LogP contribution in [0.5, 0.6) is 0 Å². The largest absolute Gasteiger partial charge is 0.347 e. The number of hydrogen-bond acceptors (Lipinski definition) is 5. The van der Waals surface area contributed by atoms with Crippen LogP contribution in [0.4, 0.5) is 0 Å². The molecule has 2 N–H and O–H groups in total. The minimum Gasteiger partial charge on any atom is -0.347 e. The van der Waals surface area contributed by atoms with Gasteiger partial charge in [0.05, 0.1) is 17.6 Å². The second kappa shape index (κ2) is 7.30. The molecular weight excluding hydrogens is 316 g/mol. The number of hydrogen-bond donors (Lipinski definition) is 2. The van der Waals surface area contributed by atoms with Crippen LogP contribution in [-0.2, 0) is 22.3 Å². The first-order valence-electron chi connectivity index (χ1n) is 6.95. The fourth-order valence-corrected chi connectivity index (χ4v) is 2.60. The number of carbonyl (C=O) groups is 1. The van der Waals surface area contributed by atoms with Gasteiger partial charge in [-0.25, -0.2) is 18.1 Å². The minimum atomic E-state index is -3.29. The second-order valence-corrected chi connectivity index (χ2v) is 6.93. The number of carbonyl (C=O) groups excluding carboxylic acids is 1. The van der Waals surface area contributed by atoms with E-state index >= 15 is 0 Å². The Kier molecular flexibility index (Phi) is 5.41. The van der Waals surface area contributed by atoms with Crippen molar-refractivity contribution in [3.63, 3.8) is 0 Å². The van der Waals surface area contributed by atoms with Crippen LogP contribution in [0.15, 0.2) is 36.7 Å². The van der Waals surface area contributed by atoms with Gasteiger partial charge in [-0.2, -0.15) is 0 Å². The molecule has 0 bridgehead atoms. The molecule has 1 amide bonds. The molecule has 0 radical (unpaired) electrons. The zero-order valence-corrected chi connectivity index (χ0v) is 13.7. The van der Waals surface area contributed by atoms with Crippen molar-refractivity contribution >= 4 is 15.9 Å². The number of aromatic nitrogens is 2. The fraction of sp³-hybridized carbons (Fsp3) is 0.267. The number of rotatable bonds is 6. The van der Waals surface area contributed by atoms with Gasteiger partial charge in [0.1, 0.15) is 5.69 Å². The molecule has 1 aromatic heterocycles. The Bertz CT molecular complexity index is 771. The normalized spacial score (nSPS) is 11.2. The van der Waals surface area contributed by atoms with Crippen molar-refractivity contribution in [1.29, 1.82) is 0 Å². The van der Waals surface area contributed by atoms with Crippen molar-refractivity contribution in [3.05, 3.63) is 59.2 Å². The van der Waals surface area contributed by atoms with Crippen LogP contribution in [0.1, 0.15) is 27.3 Å². The highest BCUT2D eigenvalue weighted by atomic mass is 32.2. The predicted molar refractivity (Wildman–Crippen MR) is 86.1 cm³/mol. The van der Waals surface area contributed by atoms with Crippen molar-refractivity contribution in [2.75, 3.05) is 7.05 Å². The smallest absolute Gasteiger partial charge is 0.271 e. The molecule has 122 valence electrons. The summed E-state index contributed by atoms with van der Waals surface area (Å²) in [7, 11) is -1.90. The Morgan fingerprint density at radius 1 is 1.09 bits per heavy atom. The van der Waals surface area contributed by atoms with Crippen LogP contribution >= 0.6 is 0 Å². The standard InChI is InChI=1S/C15H18N4O3S/c1-11-7-18-14(9-17-11)15(20)19-8-12-3-5-13(6-4-12)10-23(21,22)16-2/h3-7,9,16H,8,10H2,1-2H3,(H,19,20). The van der Waals surface area contributed by atoms with Crippen molar-refractivity contribution in [2.45, 2.75) is 19.2 Å². The number of nitrogens with one attached hydrogen (secondary N) is 2. The van der Waals surface area contributed by atoms with E-state index in [1.54, 1.807) is 31.2 Å². The maximum atomic E-state index is 11.9. The summed E-state index contributed by atoms with van der Waals surface area (Å²) in [5, 5.41) is 2.74. The Morgan fingerprint density at radius 2 is 1.74 bits per heavy atom. The van der Waals surface area contributed by atoms with Crippen LogP contribution in [-0.4, -0.2) is 31.3 Å². The van der Waals surface area contributed by atoms with E-state index in [-0.39, 0.29) is 17.4 Å². The van der Waals surface area contributed by atoms with Crippen molar-refractivity contribution in [2.24, 2.45) is 0 Å². The molecule has 2 rings (SSSR count). The second-order valence-electron chi connectivity index (χ2n) is 5.01. The molecule has 0 saturated carbocycles. The Hall–Kier alpha value is -2.32. The van der Waals surface area contributed by atoms with E-state index in [1.807, 2.05) is 0 Å². The van der Waals surface area contributed by atoms with Crippen LogP contribution < -0.4 is 10.0 Å². The lowest BCUT2D eigenvalue weighted by Crippen LogP contribution is -2.24. The number of aryl methyl sites for hydroxylation is 1. The van der Waals surface area contributed by atoms with Gasteiger partial charge in [-0.05, 0) is 25.1 Å². The summed E-state index contributed by atoms with van der Waals surface area (Å²) in [5.41, 5.74) is 2.55. The van der Waals surface area contributed by atoms with E-state index in [4.69, 9.17) is 0 Å². The molecule has 2 aromatic rings. The molecule has 0 unspecified atom stereocenters. The lowest BCUT2D eigenvalue weighted by Gasteiger charge is -2.07.